The Balaban J connectivity index is 2.47. The molecule has 7 heteroatoms. The molecular formula is C12H14Cl2N2O2S. The maximum atomic E-state index is 11.9. The van der Waals surface area contributed by atoms with Crippen LogP contribution in [0.1, 0.15) is 16.8 Å². The molecule has 4 nitrogen and oxygen atoms in total. The molecular weight excluding hydrogens is 307 g/mol. The summed E-state index contributed by atoms with van der Waals surface area (Å²) < 4.78 is 4.90. The van der Waals surface area contributed by atoms with E-state index in [0.717, 1.165) is 6.42 Å². The molecule has 1 amide bonds. The van der Waals surface area contributed by atoms with Crippen LogP contribution in [0.25, 0.3) is 0 Å². The summed E-state index contributed by atoms with van der Waals surface area (Å²) in [4.78, 5) is 11.9. The minimum absolute atomic E-state index is 0.261. The molecule has 0 heterocycles. The molecule has 0 fully saturated rings. The van der Waals surface area contributed by atoms with Crippen LogP contribution in [0.15, 0.2) is 18.2 Å². The van der Waals surface area contributed by atoms with Crippen LogP contribution in [-0.2, 0) is 4.74 Å². The third-order valence-electron chi connectivity index (χ3n) is 2.16. The van der Waals surface area contributed by atoms with Gasteiger partial charge in [0.2, 0.25) is 0 Å². The Morgan fingerprint density at radius 3 is 2.53 bits per heavy atom. The first-order valence-electron chi connectivity index (χ1n) is 5.57. The molecule has 0 unspecified atom stereocenters. The maximum absolute atomic E-state index is 11.9. The van der Waals surface area contributed by atoms with E-state index in [9.17, 15) is 4.79 Å². The van der Waals surface area contributed by atoms with E-state index in [0.29, 0.717) is 28.8 Å². The number of halogens is 2. The summed E-state index contributed by atoms with van der Waals surface area (Å²) >= 11 is 16.6. The van der Waals surface area contributed by atoms with Crippen LogP contribution >= 0.6 is 35.4 Å². The summed E-state index contributed by atoms with van der Waals surface area (Å²) in [7, 11) is 1.63. The molecule has 0 aliphatic heterocycles. The van der Waals surface area contributed by atoms with E-state index < -0.39 is 0 Å². The average Bonchev–Trinajstić information content (AvgIpc) is 2.33. The second-order valence-corrected chi connectivity index (χ2v) is 5.00. The summed E-state index contributed by atoms with van der Waals surface area (Å²) in [6.07, 6.45) is 0.801. The van der Waals surface area contributed by atoms with Gasteiger partial charge in [0.15, 0.2) is 5.11 Å². The van der Waals surface area contributed by atoms with Crippen LogP contribution in [0.5, 0.6) is 0 Å². The zero-order valence-corrected chi connectivity index (χ0v) is 12.7. The fourth-order valence-electron chi connectivity index (χ4n) is 1.32. The minimum Gasteiger partial charge on any atom is -0.385 e. The van der Waals surface area contributed by atoms with Crippen molar-refractivity contribution in [2.24, 2.45) is 0 Å². The fraction of sp³-hybridized carbons (Fsp3) is 0.333. The van der Waals surface area contributed by atoms with Gasteiger partial charge in [0.1, 0.15) is 0 Å². The van der Waals surface area contributed by atoms with E-state index in [2.05, 4.69) is 10.6 Å². The standard InChI is InChI=1S/C12H14Cl2N2O2S/c1-18-4-2-3-15-12(19)16-11(17)8-5-9(13)7-10(14)6-8/h5-7H,2-4H2,1H3,(H2,15,16,17,19). The van der Waals surface area contributed by atoms with E-state index in [1.165, 1.54) is 12.1 Å². The number of carbonyl (C=O) groups is 1. The van der Waals surface area contributed by atoms with Crippen molar-refractivity contribution >= 4 is 46.4 Å². The number of amides is 1. The zero-order chi connectivity index (χ0) is 14.3. The normalized spacial score (nSPS) is 10.1. The highest BCUT2D eigenvalue weighted by molar-refractivity contribution is 7.80. The monoisotopic (exact) mass is 320 g/mol. The number of ether oxygens (including phenoxy) is 1. The smallest absolute Gasteiger partial charge is 0.257 e. The Morgan fingerprint density at radius 1 is 1.32 bits per heavy atom. The molecule has 104 valence electrons. The summed E-state index contributed by atoms with van der Waals surface area (Å²) in [5.74, 6) is -0.353. The van der Waals surface area contributed by atoms with Crippen LogP contribution in [0.4, 0.5) is 0 Å². The van der Waals surface area contributed by atoms with Crippen molar-refractivity contribution in [2.45, 2.75) is 6.42 Å². The van der Waals surface area contributed by atoms with Crippen LogP contribution in [0.3, 0.4) is 0 Å². The summed E-state index contributed by atoms with van der Waals surface area (Å²) in [5.41, 5.74) is 0.360. The Morgan fingerprint density at radius 2 is 1.95 bits per heavy atom. The molecule has 0 saturated heterocycles. The first-order chi connectivity index (χ1) is 9.02. The van der Waals surface area contributed by atoms with Gasteiger partial charge in [-0.2, -0.15) is 0 Å². The molecule has 0 saturated carbocycles. The van der Waals surface area contributed by atoms with Crippen molar-refractivity contribution < 1.29 is 9.53 Å². The molecule has 1 rings (SSSR count). The zero-order valence-electron chi connectivity index (χ0n) is 10.3. The molecule has 0 atom stereocenters. The summed E-state index contributed by atoms with van der Waals surface area (Å²) in [6.45, 7) is 1.26. The number of thiocarbonyl (C=S) groups is 1. The molecule has 0 aromatic heterocycles. The number of methoxy groups -OCH3 is 1. The number of hydrogen-bond donors (Lipinski definition) is 2. The lowest BCUT2D eigenvalue weighted by Gasteiger charge is -2.09. The van der Waals surface area contributed by atoms with Gasteiger partial charge < -0.3 is 10.1 Å². The van der Waals surface area contributed by atoms with Crippen molar-refractivity contribution in [3.63, 3.8) is 0 Å². The van der Waals surface area contributed by atoms with E-state index in [-0.39, 0.29) is 11.0 Å². The lowest BCUT2D eigenvalue weighted by atomic mass is 10.2. The summed E-state index contributed by atoms with van der Waals surface area (Å²) in [5, 5.41) is 6.51. The molecule has 0 radical (unpaired) electrons. The highest BCUT2D eigenvalue weighted by Crippen LogP contribution is 2.18. The molecule has 1 aromatic carbocycles. The maximum Gasteiger partial charge on any atom is 0.257 e. The van der Waals surface area contributed by atoms with Gasteiger partial charge >= 0.3 is 0 Å². The second kappa shape index (κ2) is 8.32. The van der Waals surface area contributed by atoms with Crippen LogP contribution in [-0.4, -0.2) is 31.3 Å². The van der Waals surface area contributed by atoms with E-state index >= 15 is 0 Å². The predicted molar refractivity (Wildman–Crippen MR) is 81.0 cm³/mol. The quantitative estimate of drug-likeness (QED) is 0.647. The third kappa shape index (κ3) is 6.20. The number of hydrogen-bond acceptors (Lipinski definition) is 3. The van der Waals surface area contributed by atoms with Crippen molar-refractivity contribution in [1.82, 2.24) is 10.6 Å². The molecule has 0 bridgehead atoms. The highest BCUT2D eigenvalue weighted by atomic mass is 35.5. The lowest BCUT2D eigenvalue weighted by Crippen LogP contribution is -2.39. The van der Waals surface area contributed by atoms with Crippen molar-refractivity contribution in [3.8, 4) is 0 Å². The fourth-order valence-corrected chi connectivity index (χ4v) is 2.04. The summed E-state index contributed by atoms with van der Waals surface area (Å²) in [6, 6.07) is 4.60. The van der Waals surface area contributed by atoms with Gasteiger partial charge in [-0.15, -0.1) is 0 Å². The molecule has 1 aromatic rings. The van der Waals surface area contributed by atoms with Gasteiger partial charge in [-0.1, -0.05) is 23.2 Å². The molecule has 0 aliphatic rings. The first-order valence-corrected chi connectivity index (χ1v) is 6.73. The molecule has 0 aliphatic carbocycles. The van der Waals surface area contributed by atoms with E-state index in [1.807, 2.05) is 0 Å². The number of nitrogens with one attached hydrogen (secondary N) is 2. The van der Waals surface area contributed by atoms with Gasteiger partial charge in [0.05, 0.1) is 0 Å². The minimum atomic E-state index is -0.353. The Hall–Kier alpha value is -0.880. The average molecular weight is 321 g/mol. The van der Waals surface area contributed by atoms with Crippen LogP contribution in [0.2, 0.25) is 10.0 Å². The Kier molecular flexibility index (Phi) is 7.09. The van der Waals surface area contributed by atoms with Gasteiger partial charge in [0, 0.05) is 35.9 Å². The predicted octanol–water partition coefficient (Wildman–Crippen LogP) is 2.63. The highest BCUT2D eigenvalue weighted by Gasteiger charge is 2.09. The number of benzene rings is 1. The van der Waals surface area contributed by atoms with E-state index in [4.69, 9.17) is 40.2 Å². The molecule has 0 spiro atoms. The van der Waals surface area contributed by atoms with Crippen LogP contribution < -0.4 is 10.6 Å². The number of carbonyl (C=O) groups excluding carboxylic acids is 1. The molecule has 19 heavy (non-hydrogen) atoms. The lowest BCUT2D eigenvalue weighted by molar-refractivity contribution is 0.0976. The number of rotatable bonds is 5. The first kappa shape index (κ1) is 16.2. The molecule has 2 N–H and O–H groups in total. The SMILES string of the molecule is COCCCNC(=S)NC(=O)c1cc(Cl)cc(Cl)c1. The van der Waals surface area contributed by atoms with Crippen LogP contribution in [0, 0.1) is 0 Å². The largest absolute Gasteiger partial charge is 0.385 e. The van der Waals surface area contributed by atoms with Gasteiger partial charge in [0.25, 0.3) is 5.91 Å². The van der Waals surface area contributed by atoms with Crippen molar-refractivity contribution in [1.29, 1.82) is 0 Å². The van der Waals surface area contributed by atoms with Gasteiger partial charge in [-0.25, -0.2) is 0 Å². The Bertz CT molecular complexity index is 449. The van der Waals surface area contributed by atoms with Crippen molar-refractivity contribution in [3.05, 3.63) is 33.8 Å². The Labute approximate surface area is 127 Å². The van der Waals surface area contributed by atoms with Gasteiger partial charge in [-0.3, -0.25) is 10.1 Å². The van der Waals surface area contributed by atoms with Crippen molar-refractivity contribution in [2.75, 3.05) is 20.3 Å². The van der Waals surface area contributed by atoms with Gasteiger partial charge in [-0.05, 0) is 36.8 Å². The third-order valence-corrected chi connectivity index (χ3v) is 2.85. The second-order valence-electron chi connectivity index (χ2n) is 3.71. The van der Waals surface area contributed by atoms with E-state index in [1.54, 1.807) is 13.2 Å². The topological polar surface area (TPSA) is 50.4 Å².